The van der Waals surface area contributed by atoms with E-state index in [4.69, 9.17) is 4.74 Å². The first kappa shape index (κ1) is 20.7. The van der Waals surface area contributed by atoms with Gasteiger partial charge in [-0.05, 0) is 79.4 Å². The van der Waals surface area contributed by atoms with Gasteiger partial charge < -0.3 is 9.72 Å². The van der Waals surface area contributed by atoms with Gasteiger partial charge in [-0.25, -0.2) is 8.78 Å². The van der Waals surface area contributed by atoms with Gasteiger partial charge in [0.25, 0.3) is 0 Å². The maximum Gasteiger partial charge on any atom is 0.127 e. The van der Waals surface area contributed by atoms with Crippen molar-refractivity contribution in [2.45, 2.75) is 18.8 Å². The molecule has 1 aromatic heterocycles. The minimum atomic E-state index is -0.268. The van der Waals surface area contributed by atoms with E-state index < -0.39 is 0 Å². The fraction of sp³-hybridized carbons (Fsp3) is 0.259. The van der Waals surface area contributed by atoms with Crippen molar-refractivity contribution in [2.24, 2.45) is 0 Å². The zero-order valence-electron chi connectivity index (χ0n) is 17.9. The summed E-state index contributed by atoms with van der Waals surface area (Å²) in [6.45, 7) is 3.32. The van der Waals surface area contributed by atoms with Crippen molar-refractivity contribution in [3.63, 3.8) is 0 Å². The van der Waals surface area contributed by atoms with Gasteiger partial charge in [0.15, 0.2) is 0 Å². The van der Waals surface area contributed by atoms with Crippen LogP contribution in [0.25, 0.3) is 22.0 Å². The van der Waals surface area contributed by atoms with E-state index in [2.05, 4.69) is 9.88 Å². The molecule has 4 aromatic rings. The second kappa shape index (κ2) is 9.13. The maximum atomic E-state index is 13.8. The number of hydrogen-bond donors (Lipinski definition) is 1. The largest absolute Gasteiger partial charge is 0.492 e. The van der Waals surface area contributed by atoms with Crippen LogP contribution in [0.2, 0.25) is 0 Å². The van der Waals surface area contributed by atoms with Crippen molar-refractivity contribution in [1.82, 2.24) is 9.88 Å². The summed E-state index contributed by atoms with van der Waals surface area (Å²) >= 11 is 0. The van der Waals surface area contributed by atoms with Gasteiger partial charge in [0, 0.05) is 29.2 Å². The molecule has 0 aliphatic carbocycles. The first-order chi connectivity index (χ1) is 15.7. The number of aromatic nitrogens is 1. The highest BCUT2D eigenvalue weighted by atomic mass is 19.1. The van der Waals surface area contributed by atoms with Crippen LogP contribution in [0.3, 0.4) is 0 Å². The molecule has 3 aromatic carbocycles. The molecule has 0 spiro atoms. The lowest BCUT2D eigenvalue weighted by atomic mass is 9.89. The summed E-state index contributed by atoms with van der Waals surface area (Å²) in [5, 5.41) is 0.997. The summed E-state index contributed by atoms with van der Waals surface area (Å²) in [5.41, 5.74) is 3.92. The fourth-order valence-corrected chi connectivity index (χ4v) is 4.68. The summed E-state index contributed by atoms with van der Waals surface area (Å²) in [6.07, 6.45) is 4.11. The molecule has 0 saturated carbocycles. The molecule has 5 heteroatoms. The van der Waals surface area contributed by atoms with Crippen molar-refractivity contribution in [3.8, 4) is 16.9 Å². The van der Waals surface area contributed by atoms with E-state index >= 15 is 0 Å². The van der Waals surface area contributed by atoms with Gasteiger partial charge in [-0.15, -0.1) is 0 Å². The zero-order valence-corrected chi connectivity index (χ0v) is 17.9. The molecule has 0 atom stereocenters. The monoisotopic (exact) mass is 432 g/mol. The number of likely N-dealkylation sites (tertiary alicyclic amines) is 1. The highest BCUT2D eigenvalue weighted by Gasteiger charge is 2.23. The van der Waals surface area contributed by atoms with Crippen molar-refractivity contribution < 1.29 is 13.5 Å². The Hall–Kier alpha value is -3.18. The lowest BCUT2D eigenvalue weighted by molar-refractivity contribution is 0.174. The first-order valence-electron chi connectivity index (χ1n) is 11.1. The summed E-state index contributed by atoms with van der Waals surface area (Å²) in [7, 11) is 0. The fourth-order valence-electron chi connectivity index (χ4n) is 4.68. The van der Waals surface area contributed by atoms with Crippen LogP contribution in [0.15, 0.2) is 72.9 Å². The normalized spacial score (nSPS) is 15.3. The van der Waals surface area contributed by atoms with Crippen LogP contribution in [0.5, 0.6) is 5.75 Å². The Labute approximate surface area is 186 Å². The van der Waals surface area contributed by atoms with E-state index in [-0.39, 0.29) is 11.6 Å². The number of H-pyrrole nitrogens is 1. The van der Waals surface area contributed by atoms with Gasteiger partial charge in [-0.2, -0.15) is 0 Å². The van der Waals surface area contributed by atoms with E-state index in [9.17, 15) is 8.78 Å². The van der Waals surface area contributed by atoms with E-state index in [1.54, 1.807) is 18.2 Å². The first-order valence-corrected chi connectivity index (χ1v) is 11.1. The van der Waals surface area contributed by atoms with Crippen LogP contribution in [-0.2, 0) is 0 Å². The Bertz CT molecular complexity index is 1200. The average Bonchev–Trinajstić information content (AvgIpc) is 3.24. The SMILES string of the molecule is Fc1ccc(OCCN2CCC(c3c[nH]c4ccc(F)cc34)CC2)c(-c2ccccc2)c1. The predicted octanol–water partition coefficient (Wildman–Crippen LogP) is 6.37. The molecule has 0 radical (unpaired) electrons. The molecule has 0 unspecified atom stereocenters. The molecule has 3 nitrogen and oxygen atoms in total. The van der Waals surface area contributed by atoms with Gasteiger partial charge in [0.2, 0.25) is 0 Å². The number of benzene rings is 3. The molecule has 32 heavy (non-hydrogen) atoms. The molecule has 0 amide bonds. The maximum absolute atomic E-state index is 13.8. The number of hydrogen-bond acceptors (Lipinski definition) is 2. The second-order valence-corrected chi connectivity index (χ2v) is 8.40. The highest BCUT2D eigenvalue weighted by molar-refractivity contribution is 5.83. The topological polar surface area (TPSA) is 28.3 Å². The van der Waals surface area contributed by atoms with Crippen molar-refractivity contribution >= 4 is 10.9 Å². The molecule has 1 saturated heterocycles. The number of halogens is 2. The number of aromatic amines is 1. The van der Waals surface area contributed by atoms with Crippen LogP contribution >= 0.6 is 0 Å². The van der Waals surface area contributed by atoms with Gasteiger partial charge in [-0.3, -0.25) is 4.90 Å². The number of fused-ring (bicyclic) bond motifs is 1. The Kier molecular flexibility index (Phi) is 5.91. The van der Waals surface area contributed by atoms with Gasteiger partial charge in [-0.1, -0.05) is 30.3 Å². The number of ether oxygens (including phenoxy) is 1. The smallest absolute Gasteiger partial charge is 0.127 e. The van der Waals surface area contributed by atoms with E-state index in [1.807, 2.05) is 36.5 Å². The summed E-state index contributed by atoms with van der Waals surface area (Å²) < 4.78 is 33.6. The van der Waals surface area contributed by atoms with Gasteiger partial charge >= 0.3 is 0 Å². The van der Waals surface area contributed by atoms with Crippen LogP contribution in [0.4, 0.5) is 8.78 Å². The van der Waals surface area contributed by atoms with E-state index in [1.165, 1.54) is 23.8 Å². The van der Waals surface area contributed by atoms with Crippen LogP contribution in [-0.4, -0.2) is 36.1 Å². The van der Waals surface area contributed by atoms with Gasteiger partial charge in [0.1, 0.15) is 24.0 Å². The molecule has 1 N–H and O–H groups in total. The highest BCUT2D eigenvalue weighted by Crippen LogP contribution is 2.34. The standard InChI is InChI=1S/C27H26F2N2O/c28-21-6-8-26-24(17-21)25(18-30-26)20-10-12-31(13-11-20)14-15-32-27-9-7-22(29)16-23(27)19-4-2-1-3-5-19/h1-9,16-18,20,30H,10-15H2. The summed E-state index contributed by atoms with van der Waals surface area (Å²) in [5.74, 6) is 0.678. The molecule has 5 rings (SSSR count). The molecule has 1 aliphatic rings. The number of nitrogens with one attached hydrogen (secondary N) is 1. The quantitative estimate of drug-likeness (QED) is 0.383. The Morgan fingerprint density at radius 1 is 0.906 bits per heavy atom. The van der Waals surface area contributed by atoms with Crippen molar-refractivity contribution in [2.75, 3.05) is 26.2 Å². The van der Waals surface area contributed by atoms with Crippen LogP contribution < -0.4 is 4.74 Å². The summed E-state index contributed by atoms with van der Waals surface area (Å²) in [6, 6.07) is 19.4. The van der Waals surface area contributed by atoms with Crippen LogP contribution in [0, 0.1) is 11.6 Å². The number of rotatable bonds is 6. The third-order valence-corrected chi connectivity index (χ3v) is 6.39. The lowest BCUT2D eigenvalue weighted by Gasteiger charge is -2.31. The molecular weight excluding hydrogens is 406 g/mol. The van der Waals surface area contributed by atoms with Crippen LogP contribution in [0.1, 0.15) is 24.3 Å². The molecule has 2 heterocycles. The van der Waals surface area contributed by atoms with Crippen molar-refractivity contribution in [1.29, 1.82) is 0 Å². The lowest BCUT2D eigenvalue weighted by Crippen LogP contribution is -2.35. The van der Waals surface area contributed by atoms with E-state index in [0.717, 1.165) is 54.5 Å². The molecule has 1 aliphatic heterocycles. The molecule has 164 valence electrons. The predicted molar refractivity (Wildman–Crippen MR) is 124 cm³/mol. The Morgan fingerprint density at radius 2 is 1.66 bits per heavy atom. The summed E-state index contributed by atoms with van der Waals surface area (Å²) in [4.78, 5) is 5.67. The molecule has 0 bridgehead atoms. The molecular formula is C27H26F2N2O. The van der Waals surface area contributed by atoms with E-state index in [0.29, 0.717) is 18.3 Å². The number of nitrogens with zero attached hydrogens (tertiary/aromatic N) is 1. The van der Waals surface area contributed by atoms with Crippen molar-refractivity contribution in [3.05, 3.63) is 90.1 Å². The Balaban J connectivity index is 1.18. The Morgan fingerprint density at radius 3 is 2.47 bits per heavy atom. The minimum absolute atomic E-state index is 0.191. The molecule has 1 fully saturated rings. The van der Waals surface area contributed by atoms with Gasteiger partial charge in [0.05, 0.1) is 0 Å². The minimum Gasteiger partial charge on any atom is -0.492 e. The number of piperidine rings is 1. The second-order valence-electron chi connectivity index (χ2n) is 8.40. The average molecular weight is 433 g/mol. The third kappa shape index (κ3) is 4.39. The third-order valence-electron chi connectivity index (χ3n) is 6.39. The zero-order chi connectivity index (χ0) is 21.9.